The summed E-state index contributed by atoms with van der Waals surface area (Å²) in [6.07, 6.45) is 2.91. The van der Waals surface area contributed by atoms with Gasteiger partial charge in [0.2, 0.25) is 5.91 Å². The molecule has 3 aromatic rings. The highest BCUT2D eigenvalue weighted by atomic mass is 19.1. The molecule has 1 amide bonds. The number of halogens is 1. The highest BCUT2D eigenvalue weighted by Crippen LogP contribution is 2.19. The molecule has 0 aliphatic heterocycles. The topological polar surface area (TPSA) is 55.1 Å². The van der Waals surface area contributed by atoms with Crippen molar-refractivity contribution in [1.29, 1.82) is 0 Å². The lowest BCUT2D eigenvalue weighted by atomic mass is 10.2. The summed E-state index contributed by atoms with van der Waals surface area (Å²) in [7, 11) is 0. The average Bonchev–Trinajstić information content (AvgIpc) is 2.84. The highest BCUT2D eigenvalue weighted by molar-refractivity contribution is 6.02. The monoisotopic (exact) mass is 296 g/mol. The van der Waals surface area contributed by atoms with Crippen LogP contribution in [0.15, 0.2) is 53.0 Å². The summed E-state index contributed by atoms with van der Waals surface area (Å²) in [4.78, 5) is 16.1. The molecule has 1 aromatic heterocycles. The minimum Gasteiger partial charge on any atom is -0.441 e. The normalized spacial score (nSPS) is 11.2. The Morgan fingerprint density at radius 1 is 1.27 bits per heavy atom. The number of fused-ring (bicyclic) bond motifs is 1. The van der Waals surface area contributed by atoms with E-state index in [0.29, 0.717) is 28.2 Å². The second-order valence-corrected chi connectivity index (χ2v) is 4.79. The molecule has 0 radical (unpaired) electrons. The SMILES string of the molecule is Cc1nc2cc(NC(=O)/C=C/c3cccc(F)c3)ccc2o1. The molecule has 0 fully saturated rings. The van der Waals surface area contributed by atoms with Gasteiger partial charge in [-0.15, -0.1) is 0 Å². The first-order valence-electron chi connectivity index (χ1n) is 6.72. The van der Waals surface area contributed by atoms with Crippen molar-refractivity contribution in [3.8, 4) is 0 Å². The van der Waals surface area contributed by atoms with Gasteiger partial charge in [0.05, 0.1) is 0 Å². The largest absolute Gasteiger partial charge is 0.441 e. The number of anilines is 1. The van der Waals surface area contributed by atoms with Gasteiger partial charge in [0, 0.05) is 18.7 Å². The minimum atomic E-state index is -0.339. The lowest BCUT2D eigenvalue weighted by Crippen LogP contribution is -2.07. The summed E-state index contributed by atoms with van der Waals surface area (Å²) in [5.74, 6) is -0.0669. The summed E-state index contributed by atoms with van der Waals surface area (Å²) in [6.45, 7) is 1.76. The smallest absolute Gasteiger partial charge is 0.248 e. The molecule has 0 spiro atoms. The van der Waals surface area contributed by atoms with Crippen molar-refractivity contribution < 1.29 is 13.6 Å². The molecule has 0 saturated heterocycles. The number of nitrogens with one attached hydrogen (secondary N) is 1. The maximum absolute atomic E-state index is 13.0. The van der Waals surface area contributed by atoms with Crippen LogP contribution in [-0.4, -0.2) is 10.9 Å². The zero-order chi connectivity index (χ0) is 15.5. The van der Waals surface area contributed by atoms with Crippen molar-refractivity contribution in [2.75, 3.05) is 5.32 Å². The van der Waals surface area contributed by atoms with E-state index in [1.807, 2.05) is 0 Å². The number of rotatable bonds is 3. The van der Waals surface area contributed by atoms with E-state index >= 15 is 0 Å². The molecule has 0 aliphatic carbocycles. The molecule has 110 valence electrons. The number of benzene rings is 2. The number of amides is 1. The predicted molar refractivity (Wildman–Crippen MR) is 82.8 cm³/mol. The number of oxazole rings is 1. The fraction of sp³-hybridized carbons (Fsp3) is 0.0588. The Labute approximate surface area is 126 Å². The van der Waals surface area contributed by atoms with Gasteiger partial charge in [-0.25, -0.2) is 9.37 Å². The van der Waals surface area contributed by atoms with Crippen LogP contribution < -0.4 is 5.32 Å². The van der Waals surface area contributed by atoms with E-state index in [0.717, 1.165) is 0 Å². The third-order valence-corrected chi connectivity index (χ3v) is 3.04. The first-order valence-corrected chi connectivity index (χ1v) is 6.72. The lowest BCUT2D eigenvalue weighted by Gasteiger charge is -2.01. The Morgan fingerprint density at radius 2 is 2.14 bits per heavy atom. The van der Waals surface area contributed by atoms with Gasteiger partial charge in [0.15, 0.2) is 11.5 Å². The quantitative estimate of drug-likeness (QED) is 0.745. The lowest BCUT2D eigenvalue weighted by molar-refractivity contribution is -0.111. The van der Waals surface area contributed by atoms with Crippen LogP contribution in [0.2, 0.25) is 0 Å². The van der Waals surface area contributed by atoms with Gasteiger partial charge in [-0.2, -0.15) is 0 Å². The second kappa shape index (κ2) is 5.81. The molecule has 4 nitrogen and oxygen atoms in total. The number of carbonyl (C=O) groups is 1. The van der Waals surface area contributed by atoms with Crippen LogP contribution in [0.5, 0.6) is 0 Å². The van der Waals surface area contributed by atoms with Crippen molar-refractivity contribution in [2.24, 2.45) is 0 Å². The number of carbonyl (C=O) groups excluding carboxylic acids is 1. The van der Waals surface area contributed by atoms with Crippen LogP contribution in [0.4, 0.5) is 10.1 Å². The Bertz CT molecular complexity index is 868. The number of hydrogen-bond acceptors (Lipinski definition) is 3. The third-order valence-electron chi connectivity index (χ3n) is 3.04. The van der Waals surface area contributed by atoms with E-state index in [1.165, 1.54) is 18.2 Å². The van der Waals surface area contributed by atoms with E-state index in [-0.39, 0.29) is 11.7 Å². The summed E-state index contributed by atoms with van der Waals surface area (Å²) < 4.78 is 18.4. The maximum atomic E-state index is 13.0. The fourth-order valence-electron chi connectivity index (χ4n) is 2.09. The van der Waals surface area contributed by atoms with E-state index in [1.54, 1.807) is 43.3 Å². The molecule has 0 atom stereocenters. The van der Waals surface area contributed by atoms with Crippen LogP contribution in [0.1, 0.15) is 11.5 Å². The molecule has 0 bridgehead atoms. The van der Waals surface area contributed by atoms with Crippen LogP contribution in [0, 0.1) is 12.7 Å². The second-order valence-electron chi connectivity index (χ2n) is 4.79. The molecule has 0 saturated carbocycles. The maximum Gasteiger partial charge on any atom is 0.248 e. The Kier molecular flexibility index (Phi) is 3.70. The predicted octanol–water partition coefficient (Wildman–Crippen LogP) is 3.93. The molecule has 1 N–H and O–H groups in total. The van der Waals surface area contributed by atoms with E-state index in [2.05, 4.69) is 10.3 Å². The van der Waals surface area contributed by atoms with Crippen LogP contribution in [-0.2, 0) is 4.79 Å². The van der Waals surface area contributed by atoms with E-state index < -0.39 is 0 Å². The van der Waals surface area contributed by atoms with Gasteiger partial charge >= 0.3 is 0 Å². The number of hydrogen-bond donors (Lipinski definition) is 1. The van der Waals surface area contributed by atoms with Gasteiger partial charge in [-0.3, -0.25) is 4.79 Å². The van der Waals surface area contributed by atoms with Gasteiger partial charge in [-0.05, 0) is 42.0 Å². The molecular weight excluding hydrogens is 283 g/mol. The van der Waals surface area contributed by atoms with Gasteiger partial charge in [0.25, 0.3) is 0 Å². The van der Waals surface area contributed by atoms with Crippen molar-refractivity contribution in [1.82, 2.24) is 4.98 Å². The van der Waals surface area contributed by atoms with E-state index in [4.69, 9.17) is 4.42 Å². The van der Waals surface area contributed by atoms with Gasteiger partial charge < -0.3 is 9.73 Å². The Morgan fingerprint density at radius 3 is 2.95 bits per heavy atom. The number of nitrogens with zero attached hydrogens (tertiary/aromatic N) is 1. The van der Waals surface area contributed by atoms with Gasteiger partial charge in [0.1, 0.15) is 11.3 Å². The summed E-state index contributed by atoms with van der Waals surface area (Å²) in [6, 6.07) is 11.2. The molecular formula is C17H13FN2O2. The van der Waals surface area contributed by atoms with Gasteiger partial charge in [-0.1, -0.05) is 12.1 Å². The van der Waals surface area contributed by atoms with Crippen molar-refractivity contribution in [3.63, 3.8) is 0 Å². The molecule has 0 unspecified atom stereocenters. The number of aromatic nitrogens is 1. The fourth-order valence-corrected chi connectivity index (χ4v) is 2.09. The summed E-state index contributed by atoms with van der Waals surface area (Å²) in [5.41, 5.74) is 2.60. The van der Waals surface area contributed by atoms with Crippen LogP contribution in [0.3, 0.4) is 0 Å². The zero-order valence-electron chi connectivity index (χ0n) is 11.8. The third kappa shape index (κ3) is 3.20. The van der Waals surface area contributed by atoms with Crippen molar-refractivity contribution >= 4 is 28.8 Å². The Balaban J connectivity index is 1.72. The molecule has 0 aliphatic rings. The first kappa shape index (κ1) is 14.0. The van der Waals surface area contributed by atoms with Crippen molar-refractivity contribution in [3.05, 3.63) is 65.8 Å². The van der Waals surface area contributed by atoms with Crippen LogP contribution in [0.25, 0.3) is 17.2 Å². The zero-order valence-corrected chi connectivity index (χ0v) is 11.8. The first-order chi connectivity index (χ1) is 10.6. The standard InChI is InChI=1S/C17H13FN2O2/c1-11-19-15-10-14(6-7-16(15)22-11)20-17(21)8-5-12-3-2-4-13(18)9-12/h2-10H,1H3,(H,20,21)/b8-5+. The number of aryl methyl sites for hydroxylation is 1. The molecule has 3 rings (SSSR count). The van der Waals surface area contributed by atoms with Crippen molar-refractivity contribution in [2.45, 2.75) is 6.92 Å². The molecule has 22 heavy (non-hydrogen) atoms. The molecule has 2 aromatic carbocycles. The minimum absolute atomic E-state index is 0.302. The molecule has 5 heteroatoms. The Hall–Kier alpha value is -2.95. The average molecular weight is 296 g/mol. The van der Waals surface area contributed by atoms with E-state index in [9.17, 15) is 9.18 Å². The molecule has 1 heterocycles. The summed E-state index contributed by atoms with van der Waals surface area (Å²) >= 11 is 0. The van der Waals surface area contributed by atoms with Crippen LogP contribution >= 0.6 is 0 Å². The highest BCUT2D eigenvalue weighted by Gasteiger charge is 2.04. The summed E-state index contributed by atoms with van der Waals surface area (Å²) in [5, 5.41) is 2.73.